The third kappa shape index (κ3) is 4.80. The molecule has 1 aromatic carbocycles. The Hall–Kier alpha value is -0.840. The summed E-state index contributed by atoms with van der Waals surface area (Å²) >= 11 is 11.3. The maximum Gasteiger partial charge on any atom is 0.238 e. The molecule has 1 amide bonds. The molecule has 0 atom stereocenters. The van der Waals surface area contributed by atoms with Crippen LogP contribution in [0.15, 0.2) is 12.1 Å². The van der Waals surface area contributed by atoms with Gasteiger partial charge in [0, 0.05) is 11.2 Å². The standard InChI is InChI=1S/C12H15Cl2FN2O/c1-12(2,3)16-6-10(18)17-7-4-8(13)11(15)9(14)5-7/h4-5,16H,6H2,1-3H3,(H,17,18). The highest BCUT2D eigenvalue weighted by molar-refractivity contribution is 6.35. The van der Waals surface area contributed by atoms with Crippen molar-refractivity contribution in [3.8, 4) is 0 Å². The number of halogens is 3. The lowest BCUT2D eigenvalue weighted by Gasteiger charge is -2.20. The van der Waals surface area contributed by atoms with Crippen LogP contribution in [0.1, 0.15) is 20.8 Å². The van der Waals surface area contributed by atoms with E-state index in [0.29, 0.717) is 5.69 Å². The topological polar surface area (TPSA) is 41.1 Å². The van der Waals surface area contributed by atoms with Crippen molar-refractivity contribution in [2.45, 2.75) is 26.3 Å². The summed E-state index contributed by atoms with van der Waals surface area (Å²) in [5.41, 5.74) is 0.210. The maximum absolute atomic E-state index is 13.2. The summed E-state index contributed by atoms with van der Waals surface area (Å²) in [6.07, 6.45) is 0. The number of amides is 1. The smallest absolute Gasteiger partial charge is 0.238 e. The van der Waals surface area contributed by atoms with E-state index in [-0.39, 0.29) is 28.0 Å². The van der Waals surface area contributed by atoms with E-state index >= 15 is 0 Å². The number of anilines is 1. The zero-order valence-electron chi connectivity index (χ0n) is 10.4. The molecule has 0 fully saturated rings. The van der Waals surface area contributed by atoms with Crippen molar-refractivity contribution >= 4 is 34.8 Å². The van der Waals surface area contributed by atoms with Gasteiger partial charge in [0.2, 0.25) is 5.91 Å². The number of carbonyl (C=O) groups is 1. The van der Waals surface area contributed by atoms with Crippen molar-refractivity contribution in [3.63, 3.8) is 0 Å². The first-order valence-corrected chi connectivity index (χ1v) is 6.14. The summed E-state index contributed by atoms with van der Waals surface area (Å²) in [6.45, 7) is 6.00. The SMILES string of the molecule is CC(C)(C)NCC(=O)Nc1cc(Cl)c(F)c(Cl)c1. The van der Waals surface area contributed by atoms with Crippen molar-refractivity contribution in [2.75, 3.05) is 11.9 Å². The molecule has 0 saturated heterocycles. The van der Waals surface area contributed by atoms with Gasteiger partial charge in [-0.2, -0.15) is 0 Å². The first kappa shape index (κ1) is 15.2. The first-order chi connectivity index (χ1) is 8.19. The lowest BCUT2D eigenvalue weighted by atomic mass is 10.1. The molecule has 1 aromatic rings. The predicted octanol–water partition coefficient (Wildman–Crippen LogP) is 3.46. The predicted molar refractivity (Wildman–Crippen MR) is 72.8 cm³/mol. The average Bonchev–Trinajstić information content (AvgIpc) is 2.22. The van der Waals surface area contributed by atoms with E-state index in [9.17, 15) is 9.18 Å². The van der Waals surface area contributed by atoms with Gasteiger partial charge in [-0.1, -0.05) is 23.2 Å². The molecule has 0 aliphatic carbocycles. The van der Waals surface area contributed by atoms with Gasteiger partial charge >= 0.3 is 0 Å². The normalized spacial score (nSPS) is 11.4. The summed E-state index contributed by atoms with van der Waals surface area (Å²) in [7, 11) is 0. The minimum Gasteiger partial charge on any atom is -0.325 e. The van der Waals surface area contributed by atoms with E-state index in [1.807, 2.05) is 20.8 Å². The highest BCUT2D eigenvalue weighted by Crippen LogP contribution is 2.27. The van der Waals surface area contributed by atoms with Crippen LogP contribution in [-0.4, -0.2) is 18.0 Å². The van der Waals surface area contributed by atoms with E-state index in [0.717, 1.165) is 0 Å². The summed E-state index contributed by atoms with van der Waals surface area (Å²) < 4.78 is 13.2. The fourth-order valence-corrected chi connectivity index (χ4v) is 1.67. The molecule has 0 saturated carbocycles. The van der Waals surface area contributed by atoms with Gasteiger partial charge in [0.05, 0.1) is 16.6 Å². The number of hydrogen-bond donors (Lipinski definition) is 2. The number of hydrogen-bond acceptors (Lipinski definition) is 2. The zero-order valence-corrected chi connectivity index (χ0v) is 11.9. The average molecular weight is 293 g/mol. The molecule has 0 heterocycles. The summed E-state index contributed by atoms with van der Waals surface area (Å²) in [5.74, 6) is -0.937. The Bertz CT molecular complexity index is 435. The molecule has 0 bridgehead atoms. The second-order valence-corrected chi connectivity index (χ2v) is 5.72. The fraction of sp³-hybridized carbons (Fsp3) is 0.417. The van der Waals surface area contributed by atoms with Crippen LogP contribution >= 0.6 is 23.2 Å². The molecule has 0 spiro atoms. The molecule has 6 heteroatoms. The Morgan fingerprint density at radius 2 is 1.78 bits per heavy atom. The lowest BCUT2D eigenvalue weighted by Crippen LogP contribution is -2.41. The van der Waals surface area contributed by atoms with Gasteiger partial charge in [-0.15, -0.1) is 0 Å². The Morgan fingerprint density at radius 1 is 1.28 bits per heavy atom. The van der Waals surface area contributed by atoms with Crippen LogP contribution in [0, 0.1) is 5.82 Å². The molecular formula is C12H15Cl2FN2O. The second kappa shape index (κ2) is 5.87. The lowest BCUT2D eigenvalue weighted by molar-refractivity contribution is -0.115. The van der Waals surface area contributed by atoms with Crippen molar-refractivity contribution < 1.29 is 9.18 Å². The molecule has 0 unspecified atom stereocenters. The molecule has 3 nitrogen and oxygen atoms in total. The minimum atomic E-state index is -0.691. The maximum atomic E-state index is 13.2. The summed E-state index contributed by atoms with van der Waals surface area (Å²) in [6, 6.07) is 2.63. The third-order valence-corrected chi connectivity index (χ3v) is 2.60. The van der Waals surface area contributed by atoms with E-state index in [1.165, 1.54) is 12.1 Å². The van der Waals surface area contributed by atoms with Gasteiger partial charge in [-0.3, -0.25) is 4.79 Å². The Labute approximate surface area is 116 Å². The van der Waals surface area contributed by atoms with Gasteiger partial charge in [-0.25, -0.2) is 4.39 Å². The molecule has 18 heavy (non-hydrogen) atoms. The molecule has 0 radical (unpaired) electrons. The highest BCUT2D eigenvalue weighted by Gasteiger charge is 2.13. The van der Waals surface area contributed by atoms with Crippen molar-refractivity contribution in [2.24, 2.45) is 0 Å². The molecule has 0 aromatic heterocycles. The summed E-state index contributed by atoms with van der Waals surface area (Å²) in [4.78, 5) is 11.6. The summed E-state index contributed by atoms with van der Waals surface area (Å²) in [5, 5.41) is 5.37. The van der Waals surface area contributed by atoms with Crippen LogP contribution in [0.5, 0.6) is 0 Å². The minimum absolute atomic E-state index is 0.124. The van der Waals surface area contributed by atoms with E-state index < -0.39 is 5.82 Å². The van der Waals surface area contributed by atoms with E-state index in [1.54, 1.807) is 0 Å². The Kier molecular flexibility index (Phi) is 4.96. The molecule has 0 aliphatic rings. The Balaban J connectivity index is 2.65. The van der Waals surface area contributed by atoms with Crippen LogP contribution in [0.3, 0.4) is 0 Å². The molecule has 1 rings (SSSR count). The quantitative estimate of drug-likeness (QED) is 0.838. The van der Waals surface area contributed by atoms with Crippen LogP contribution in [-0.2, 0) is 4.79 Å². The van der Waals surface area contributed by atoms with Gasteiger partial charge in [0.25, 0.3) is 0 Å². The number of nitrogens with one attached hydrogen (secondary N) is 2. The van der Waals surface area contributed by atoms with Crippen LogP contribution in [0.4, 0.5) is 10.1 Å². The van der Waals surface area contributed by atoms with Crippen LogP contribution in [0.2, 0.25) is 10.0 Å². The third-order valence-electron chi connectivity index (χ3n) is 2.05. The van der Waals surface area contributed by atoms with Crippen molar-refractivity contribution in [1.82, 2.24) is 5.32 Å². The van der Waals surface area contributed by atoms with Gasteiger partial charge in [0.15, 0.2) is 5.82 Å². The Morgan fingerprint density at radius 3 is 2.22 bits per heavy atom. The largest absolute Gasteiger partial charge is 0.325 e. The van der Waals surface area contributed by atoms with E-state index in [2.05, 4.69) is 10.6 Å². The number of rotatable bonds is 3. The fourth-order valence-electron chi connectivity index (χ4n) is 1.18. The highest BCUT2D eigenvalue weighted by atomic mass is 35.5. The van der Waals surface area contributed by atoms with Crippen LogP contribution < -0.4 is 10.6 Å². The monoisotopic (exact) mass is 292 g/mol. The molecule has 2 N–H and O–H groups in total. The second-order valence-electron chi connectivity index (χ2n) is 4.91. The van der Waals surface area contributed by atoms with Crippen molar-refractivity contribution in [1.29, 1.82) is 0 Å². The van der Waals surface area contributed by atoms with Gasteiger partial charge in [-0.05, 0) is 32.9 Å². The molecule has 0 aliphatic heterocycles. The molecule has 100 valence electrons. The van der Waals surface area contributed by atoms with Gasteiger partial charge in [0.1, 0.15) is 0 Å². The number of benzene rings is 1. The van der Waals surface area contributed by atoms with Crippen molar-refractivity contribution in [3.05, 3.63) is 28.0 Å². The van der Waals surface area contributed by atoms with Crippen LogP contribution in [0.25, 0.3) is 0 Å². The number of carbonyl (C=O) groups excluding carboxylic acids is 1. The van der Waals surface area contributed by atoms with E-state index in [4.69, 9.17) is 23.2 Å². The first-order valence-electron chi connectivity index (χ1n) is 5.38. The molecular weight excluding hydrogens is 278 g/mol. The van der Waals surface area contributed by atoms with Gasteiger partial charge < -0.3 is 10.6 Å². The zero-order chi connectivity index (χ0) is 13.9.